The number of rotatable bonds is 3. The zero-order valence-electron chi connectivity index (χ0n) is 9.01. The first-order valence-corrected chi connectivity index (χ1v) is 5.73. The third-order valence-corrected chi connectivity index (χ3v) is 3.14. The van der Waals surface area contributed by atoms with Gasteiger partial charge in [-0.25, -0.2) is 0 Å². The van der Waals surface area contributed by atoms with Crippen molar-refractivity contribution in [3.63, 3.8) is 0 Å². The molecule has 0 saturated heterocycles. The molecule has 0 saturated carbocycles. The quantitative estimate of drug-likeness (QED) is 0.872. The van der Waals surface area contributed by atoms with Crippen molar-refractivity contribution in [1.82, 2.24) is 0 Å². The van der Waals surface area contributed by atoms with E-state index in [1.54, 1.807) is 12.1 Å². The van der Waals surface area contributed by atoms with Crippen LogP contribution in [0.25, 0.3) is 0 Å². The number of nitrogens with one attached hydrogen (secondary N) is 1. The Morgan fingerprint density at radius 3 is 2.41 bits per heavy atom. The fourth-order valence-electron chi connectivity index (χ4n) is 1.59. The molecule has 0 aromatic heterocycles. The molecule has 0 aliphatic heterocycles. The normalized spacial score (nSPS) is 10.8. The van der Waals surface area contributed by atoms with E-state index in [4.69, 9.17) is 23.2 Å². The van der Waals surface area contributed by atoms with Gasteiger partial charge in [0, 0.05) is 22.7 Å². The van der Waals surface area contributed by atoms with Gasteiger partial charge in [-0.15, -0.1) is 0 Å². The van der Waals surface area contributed by atoms with E-state index in [0.717, 1.165) is 11.1 Å². The average Bonchev–Trinajstić information content (AvgIpc) is 2.25. The summed E-state index contributed by atoms with van der Waals surface area (Å²) in [6.45, 7) is 2.28. The minimum atomic E-state index is -0.479. The molecular weight excluding hydrogens is 261 g/mol. The molecule has 2 rings (SSSR count). The maximum absolute atomic E-state index is 11.1. The summed E-state index contributed by atoms with van der Waals surface area (Å²) in [6, 6.07) is 4.73. The van der Waals surface area contributed by atoms with E-state index in [-0.39, 0.29) is 0 Å². The van der Waals surface area contributed by atoms with Gasteiger partial charge in [0.1, 0.15) is 0 Å². The number of benzene rings is 1. The van der Waals surface area contributed by atoms with Crippen molar-refractivity contribution in [3.8, 4) is 0 Å². The average molecular weight is 270 g/mol. The zero-order chi connectivity index (χ0) is 12.6. The third-order valence-electron chi connectivity index (χ3n) is 2.58. The second-order valence-electron chi connectivity index (χ2n) is 3.79. The van der Waals surface area contributed by atoms with Gasteiger partial charge >= 0.3 is 0 Å². The van der Waals surface area contributed by atoms with Crippen LogP contribution in [-0.2, 0) is 6.54 Å². The Morgan fingerprint density at radius 1 is 1.18 bits per heavy atom. The van der Waals surface area contributed by atoms with Crippen LogP contribution < -0.4 is 16.2 Å². The van der Waals surface area contributed by atoms with Gasteiger partial charge in [-0.2, -0.15) is 0 Å². The van der Waals surface area contributed by atoms with Crippen molar-refractivity contribution in [1.29, 1.82) is 0 Å². The van der Waals surface area contributed by atoms with Gasteiger partial charge in [-0.05, 0) is 30.2 Å². The van der Waals surface area contributed by atoms with Crippen LogP contribution in [0.1, 0.15) is 11.1 Å². The molecule has 0 heterocycles. The minimum Gasteiger partial charge on any atom is -0.378 e. The maximum Gasteiger partial charge on any atom is 0.248 e. The summed E-state index contributed by atoms with van der Waals surface area (Å²) in [5.41, 5.74) is 1.19. The van der Waals surface area contributed by atoms with E-state index < -0.39 is 10.9 Å². The van der Waals surface area contributed by atoms with Gasteiger partial charge in [0.05, 0.1) is 5.69 Å². The summed E-state index contributed by atoms with van der Waals surface area (Å²) in [5, 5.41) is 4.00. The highest BCUT2D eigenvalue weighted by Crippen LogP contribution is 2.25. The Morgan fingerprint density at radius 2 is 1.88 bits per heavy atom. The predicted molar refractivity (Wildman–Crippen MR) is 69.9 cm³/mol. The molecular formula is C12H9Cl2NO2. The summed E-state index contributed by atoms with van der Waals surface area (Å²) in [6.07, 6.45) is 0. The lowest BCUT2D eigenvalue weighted by molar-refractivity contribution is 1.10. The number of hydrogen-bond donors (Lipinski definition) is 1. The summed E-state index contributed by atoms with van der Waals surface area (Å²) >= 11 is 11.9. The van der Waals surface area contributed by atoms with E-state index >= 15 is 0 Å². The first-order valence-electron chi connectivity index (χ1n) is 4.98. The van der Waals surface area contributed by atoms with Crippen LogP contribution in [0.5, 0.6) is 0 Å². The SMILES string of the molecule is Cc1cc(Cl)cc(Cl)c1CNc1cc(=O)c1=O. The van der Waals surface area contributed by atoms with E-state index in [9.17, 15) is 9.59 Å². The molecule has 0 atom stereocenters. The van der Waals surface area contributed by atoms with Crippen LogP contribution in [-0.4, -0.2) is 0 Å². The van der Waals surface area contributed by atoms with E-state index in [2.05, 4.69) is 5.32 Å². The number of hydrogen-bond acceptors (Lipinski definition) is 3. The molecule has 88 valence electrons. The smallest absolute Gasteiger partial charge is 0.248 e. The molecule has 0 unspecified atom stereocenters. The molecule has 0 bridgehead atoms. The molecule has 0 aliphatic rings. The fourth-order valence-corrected chi connectivity index (χ4v) is 2.25. The Hall–Kier alpha value is -1.32. The Bertz CT molecular complexity index is 619. The summed E-state index contributed by atoms with van der Waals surface area (Å²) in [4.78, 5) is 21.8. The summed E-state index contributed by atoms with van der Waals surface area (Å²) in [5.74, 6) is 0. The highest BCUT2D eigenvalue weighted by molar-refractivity contribution is 6.35. The number of anilines is 1. The Labute approximate surface area is 108 Å². The van der Waals surface area contributed by atoms with Gasteiger partial charge in [0.25, 0.3) is 0 Å². The molecule has 17 heavy (non-hydrogen) atoms. The van der Waals surface area contributed by atoms with Crippen LogP contribution in [0.3, 0.4) is 0 Å². The van der Waals surface area contributed by atoms with Gasteiger partial charge in [-0.1, -0.05) is 23.2 Å². The van der Waals surface area contributed by atoms with Gasteiger partial charge in [0.15, 0.2) is 0 Å². The second-order valence-corrected chi connectivity index (χ2v) is 4.63. The first-order chi connectivity index (χ1) is 7.99. The molecule has 2 aromatic rings. The van der Waals surface area contributed by atoms with Crippen LogP contribution in [0.4, 0.5) is 5.69 Å². The number of halogens is 2. The lowest BCUT2D eigenvalue weighted by atomic mass is 10.1. The summed E-state index contributed by atoms with van der Waals surface area (Å²) < 4.78 is 0. The minimum absolute atomic E-state index is 0.334. The van der Waals surface area contributed by atoms with E-state index in [0.29, 0.717) is 22.3 Å². The first kappa shape index (κ1) is 12.1. The second kappa shape index (κ2) is 4.51. The van der Waals surface area contributed by atoms with Crippen molar-refractivity contribution in [2.24, 2.45) is 0 Å². The highest BCUT2D eigenvalue weighted by atomic mass is 35.5. The lowest BCUT2D eigenvalue weighted by Gasteiger charge is -2.11. The highest BCUT2D eigenvalue weighted by Gasteiger charge is 2.11. The van der Waals surface area contributed by atoms with Gasteiger partial charge in [0.2, 0.25) is 10.9 Å². The molecule has 0 amide bonds. The van der Waals surface area contributed by atoms with Gasteiger partial charge < -0.3 is 5.32 Å². The Balaban J connectivity index is 2.18. The van der Waals surface area contributed by atoms with Crippen molar-refractivity contribution < 1.29 is 0 Å². The largest absolute Gasteiger partial charge is 0.378 e. The molecule has 0 radical (unpaired) electrons. The van der Waals surface area contributed by atoms with Crippen LogP contribution in [0.2, 0.25) is 10.0 Å². The van der Waals surface area contributed by atoms with Crippen LogP contribution in [0.15, 0.2) is 27.8 Å². The third kappa shape index (κ3) is 2.35. The van der Waals surface area contributed by atoms with Crippen molar-refractivity contribution in [3.05, 3.63) is 59.8 Å². The predicted octanol–water partition coefficient (Wildman–Crippen LogP) is 2.51. The molecule has 0 aliphatic carbocycles. The maximum atomic E-state index is 11.1. The van der Waals surface area contributed by atoms with Gasteiger partial charge in [-0.3, -0.25) is 9.59 Å². The topological polar surface area (TPSA) is 46.2 Å². The summed E-state index contributed by atoms with van der Waals surface area (Å²) in [7, 11) is 0. The standard InChI is InChI=1S/C12H9Cl2NO2/c1-6-2-7(13)3-9(14)8(6)5-15-10-4-11(16)12(10)17/h2-4,15H,5H2,1H3. The molecule has 3 nitrogen and oxygen atoms in total. The molecule has 2 aromatic carbocycles. The number of aryl methyl sites for hydroxylation is 1. The van der Waals surface area contributed by atoms with Crippen molar-refractivity contribution >= 4 is 28.9 Å². The Kier molecular flexibility index (Phi) is 3.22. The fraction of sp³-hybridized carbons (Fsp3) is 0.167. The molecule has 5 heteroatoms. The molecule has 0 fully saturated rings. The lowest BCUT2D eigenvalue weighted by Crippen LogP contribution is -2.32. The van der Waals surface area contributed by atoms with E-state index in [1.165, 1.54) is 6.07 Å². The van der Waals surface area contributed by atoms with Crippen LogP contribution in [0, 0.1) is 6.92 Å². The van der Waals surface area contributed by atoms with E-state index in [1.807, 2.05) is 6.92 Å². The molecule has 1 N–H and O–H groups in total. The van der Waals surface area contributed by atoms with Crippen LogP contribution >= 0.6 is 23.2 Å². The molecule has 0 spiro atoms. The monoisotopic (exact) mass is 269 g/mol. The van der Waals surface area contributed by atoms with Crippen molar-refractivity contribution in [2.45, 2.75) is 13.5 Å². The zero-order valence-corrected chi connectivity index (χ0v) is 10.5. The van der Waals surface area contributed by atoms with Crippen molar-refractivity contribution in [2.75, 3.05) is 5.32 Å².